The molecule has 7 nitrogen and oxygen atoms in total. The number of amides is 3. The second-order valence-corrected chi connectivity index (χ2v) is 6.73. The van der Waals surface area contributed by atoms with Gasteiger partial charge in [0.2, 0.25) is 5.89 Å². The van der Waals surface area contributed by atoms with E-state index in [0.29, 0.717) is 35.1 Å². The summed E-state index contributed by atoms with van der Waals surface area (Å²) in [7, 11) is 0. The van der Waals surface area contributed by atoms with Crippen LogP contribution in [0.3, 0.4) is 0 Å². The van der Waals surface area contributed by atoms with E-state index in [4.69, 9.17) is 16.1 Å². The van der Waals surface area contributed by atoms with Gasteiger partial charge < -0.3 is 9.84 Å². The lowest BCUT2D eigenvalue weighted by molar-refractivity contribution is -0.132. The molecule has 8 heteroatoms. The number of nitrogens with zero attached hydrogens (tertiary/aromatic N) is 3. The van der Waals surface area contributed by atoms with Gasteiger partial charge in [0.15, 0.2) is 5.82 Å². The van der Waals surface area contributed by atoms with Gasteiger partial charge in [0.05, 0.1) is 6.54 Å². The summed E-state index contributed by atoms with van der Waals surface area (Å²) in [5, 5.41) is 7.27. The van der Waals surface area contributed by atoms with Crippen LogP contribution in [0.5, 0.6) is 0 Å². The number of aryl methyl sites for hydroxylation is 1. The molecule has 0 spiro atoms. The van der Waals surface area contributed by atoms with E-state index in [1.807, 2.05) is 6.92 Å². The first-order valence-electron chi connectivity index (χ1n) is 8.71. The molecule has 26 heavy (non-hydrogen) atoms. The average Bonchev–Trinajstić information content (AvgIpc) is 3.19. The van der Waals surface area contributed by atoms with Gasteiger partial charge in [-0.25, -0.2) is 4.79 Å². The summed E-state index contributed by atoms with van der Waals surface area (Å²) >= 11 is 5.94. The lowest BCUT2D eigenvalue weighted by Gasteiger charge is -2.25. The predicted octanol–water partition coefficient (Wildman–Crippen LogP) is 3.42. The number of hydrogen-bond donors (Lipinski definition) is 1. The molecule has 1 saturated heterocycles. The largest absolute Gasteiger partial charge is 0.339 e. The first-order valence-corrected chi connectivity index (χ1v) is 9.09. The molecular formula is C18H21ClN4O3. The second-order valence-electron chi connectivity index (χ2n) is 6.30. The lowest BCUT2D eigenvalue weighted by Crippen LogP contribution is -2.43. The maximum absolute atomic E-state index is 13.1. The van der Waals surface area contributed by atoms with Crippen molar-refractivity contribution in [2.75, 3.05) is 0 Å². The molecule has 3 rings (SSSR count). The highest BCUT2D eigenvalue weighted by Crippen LogP contribution is 2.33. The van der Waals surface area contributed by atoms with Gasteiger partial charge >= 0.3 is 6.03 Å². The normalized spacial score (nSPS) is 19.9. The minimum atomic E-state index is -1.10. The molecule has 2 aromatic rings. The van der Waals surface area contributed by atoms with Crippen molar-refractivity contribution in [3.8, 4) is 0 Å². The number of unbranched alkanes of at least 4 members (excludes halogenated alkanes) is 1. The Bertz CT molecular complexity index is 805. The lowest BCUT2D eigenvalue weighted by atomic mass is 9.87. The summed E-state index contributed by atoms with van der Waals surface area (Å²) in [6, 6.07) is 6.45. The second kappa shape index (κ2) is 7.45. The Hall–Kier alpha value is -2.41. The number of nitrogens with one attached hydrogen (secondary N) is 1. The van der Waals surface area contributed by atoms with Crippen LogP contribution in [0.25, 0.3) is 0 Å². The van der Waals surface area contributed by atoms with Gasteiger partial charge in [-0.1, -0.05) is 49.2 Å². The van der Waals surface area contributed by atoms with E-state index in [1.165, 1.54) is 0 Å². The summed E-state index contributed by atoms with van der Waals surface area (Å²) in [6.07, 6.45) is 3.07. The number of rotatable bonds is 7. The van der Waals surface area contributed by atoms with Crippen LogP contribution in [0.4, 0.5) is 4.79 Å². The topological polar surface area (TPSA) is 88.3 Å². The van der Waals surface area contributed by atoms with Crippen LogP contribution in [-0.4, -0.2) is 27.0 Å². The molecule has 1 aromatic carbocycles. The van der Waals surface area contributed by atoms with E-state index in [1.54, 1.807) is 24.3 Å². The van der Waals surface area contributed by atoms with Gasteiger partial charge in [0.1, 0.15) is 5.54 Å². The average molecular weight is 377 g/mol. The van der Waals surface area contributed by atoms with Crippen LogP contribution in [0, 0.1) is 0 Å². The van der Waals surface area contributed by atoms with Crippen molar-refractivity contribution in [2.45, 2.75) is 51.6 Å². The van der Waals surface area contributed by atoms with Crippen molar-refractivity contribution < 1.29 is 14.1 Å². The number of carbonyl (C=O) groups is 2. The Labute approximate surface area is 156 Å². The Balaban J connectivity index is 1.81. The molecule has 0 saturated carbocycles. The zero-order chi connectivity index (χ0) is 18.7. The Kier molecular flexibility index (Phi) is 5.27. The minimum absolute atomic E-state index is 0.0182. The number of imide groups is 1. The Morgan fingerprint density at radius 2 is 1.96 bits per heavy atom. The Morgan fingerprint density at radius 3 is 2.62 bits per heavy atom. The molecule has 1 aliphatic heterocycles. The third kappa shape index (κ3) is 3.31. The maximum Gasteiger partial charge on any atom is 0.325 e. The zero-order valence-corrected chi connectivity index (χ0v) is 15.5. The smallest absolute Gasteiger partial charge is 0.325 e. The highest BCUT2D eigenvalue weighted by Gasteiger charge is 2.51. The van der Waals surface area contributed by atoms with E-state index >= 15 is 0 Å². The van der Waals surface area contributed by atoms with Crippen LogP contribution in [-0.2, 0) is 23.3 Å². The quantitative estimate of drug-likeness (QED) is 0.748. The van der Waals surface area contributed by atoms with Gasteiger partial charge in [0.25, 0.3) is 5.91 Å². The number of urea groups is 1. The van der Waals surface area contributed by atoms with E-state index in [-0.39, 0.29) is 12.5 Å². The van der Waals surface area contributed by atoms with E-state index in [2.05, 4.69) is 22.4 Å². The molecule has 1 aromatic heterocycles. The highest BCUT2D eigenvalue weighted by atomic mass is 35.5. The molecule has 0 aliphatic carbocycles. The number of aromatic nitrogens is 2. The predicted molar refractivity (Wildman–Crippen MR) is 95.4 cm³/mol. The van der Waals surface area contributed by atoms with Crippen LogP contribution in [0.15, 0.2) is 28.8 Å². The molecule has 1 aliphatic rings. The fourth-order valence-electron chi connectivity index (χ4n) is 3.07. The maximum atomic E-state index is 13.1. The monoisotopic (exact) mass is 376 g/mol. The van der Waals surface area contributed by atoms with E-state index in [9.17, 15) is 9.59 Å². The van der Waals surface area contributed by atoms with Crippen LogP contribution < -0.4 is 5.32 Å². The standard InChI is InChI=1S/C18H21ClN4O3/c1-3-5-6-15-20-14(22-26-15)11-23-16(24)18(4-2,21-17(23)25)12-7-9-13(19)10-8-12/h7-10H,3-6,11H2,1-2H3,(H,21,25). The van der Waals surface area contributed by atoms with E-state index < -0.39 is 11.6 Å². The number of benzene rings is 1. The molecular weight excluding hydrogens is 356 g/mol. The minimum Gasteiger partial charge on any atom is -0.339 e. The van der Waals surface area contributed by atoms with Crippen molar-refractivity contribution in [2.24, 2.45) is 0 Å². The molecule has 0 bridgehead atoms. The van der Waals surface area contributed by atoms with Crippen molar-refractivity contribution in [3.05, 3.63) is 46.6 Å². The van der Waals surface area contributed by atoms with Crippen LogP contribution >= 0.6 is 11.6 Å². The first-order chi connectivity index (χ1) is 12.5. The third-order valence-corrected chi connectivity index (χ3v) is 4.85. The van der Waals surface area contributed by atoms with Crippen LogP contribution in [0.2, 0.25) is 5.02 Å². The van der Waals surface area contributed by atoms with Crippen molar-refractivity contribution >= 4 is 23.5 Å². The highest BCUT2D eigenvalue weighted by molar-refractivity contribution is 6.30. The summed E-state index contributed by atoms with van der Waals surface area (Å²) in [5.41, 5.74) is -0.404. The molecule has 1 atom stereocenters. The van der Waals surface area contributed by atoms with Crippen LogP contribution in [0.1, 0.15) is 50.4 Å². The summed E-state index contributed by atoms with van der Waals surface area (Å²) in [5.74, 6) is 0.517. The van der Waals surface area contributed by atoms with Gasteiger partial charge in [0, 0.05) is 11.4 Å². The first kappa shape index (κ1) is 18.4. The SMILES string of the molecule is CCCCc1nc(CN2C(=O)NC(CC)(c3ccc(Cl)cc3)C2=O)no1. The van der Waals surface area contributed by atoms with Crippen molar-refractivity contribution in [3.63, 3.8) is 0 Å². The number of carbonyl (C=O) groups excluding carboxylic acids is 2. The fraction of sp³-hybridized carbons (Fsp3) is 0.444. The molecule has 1 fully saturated rings. The summed E-state index contributed by atoms with van der Waals surface area (Å²) in [4.78, 5) is 30.9. The molecule has 1 N–H and O–H groups in total. The molecule has 0 radical (unpaired) electrons. The van der Waals surface area contributed by atoms with Gasteiger partial charge in [-0.05, 0) is 30.5 Å². The zero-order valence-electron chi connectivity index (χ0n) is 14.8. The summed E-state index contributed by atoms with van der Waals surface area (Å²) in [6.45, 7) is 3.91. The third-order valence-electron chi connectivity index (χ3n) is 4.60. The number of hydrogen-bond acceptors (Lipinski definition) is 5. The van der Waals surface area contributed by atoms with Crippen molar-refractivity contribution in [1.82, 2.24) is 20.4 Å². The molecule has 3 amide bonds. The molecule has 1 unspecified atom stereocenters. The van der Waals surface area contributed by atoms with E-state index in [0.717, 1.165) is 17.7 Å². The van der Waals surface area contributed by atoms with Crippen molar-refractivity contribution in [1.29, 1.82) is 0 Å². The molecule has 138 valence electrons. The Morgan fingerprint density at radius 1 is 1.23 bits per heavy atom. The number of halogens is 1. The van der Waals surface area contributed by atoms with Gasteiger partial charge in [-0.15, -0.1) is 0 Å². The van der Waals surface area contributed by atoms with Gasteiger partial charge in [-0.3, -0.25) is 9.69 Å². The summed E-state index contributed by atoms with van der Waals surface area (Å²) < 4.78 is 5.18. The van der Waals surface area contributed by atoms with Gasteiger partial charge in [-0.2, -0.15) is 4.98 Å². The molecule has 2 heterocycles. The fourth-order valence-corrected chi connectivity index (χ4v) is 3.19.